The molecule has 0 aliphatic rings. The zero-order chi connectivity index (χ0) is 13.4. The van der Waals surface area contributed by atoms with Crippen LogP contribution in [0.15, 0.2) is 28.7 Å². The van der Waals surface area contributed by atoms with Gasteiger partial charge < -0.3 is 14.9 Å². The maximum Gasteiger partial charge on any atom is 0.119 e. The molecule has 0 atom stereocenters. The van der Waals surface area contributed by atoms with Gasteiger partial charge in [-0.15, -0.1) is 0 Å². The average molecular weight is 317 g/mol. The van der Waals surface area contributed by atoms with Crippen LogP contribution in [0, 0.1) is 5.41 Å². The van der Waals surface area contributed by atoms with E-state index in [0.717, 1.165) is 23.1 Å². The maximum atomic E-state index is 9.42. The zero-order valence-electron chi connectivity index (χ0n) is 10.7. The summed E-state index contributed by atoms with van der Waals surface area (Å²) >= 11 is 3.37. The van der Waals surface area contributed by atoms with Crippen LogP contribution < -0.4 is 4.74 Å². The molecule has 0 spiro atoms. The predicted molar refractivity (Wildman–Crippen MR) is 75.8 cm³/mol. The van der Waals surface area contributed by atoms with E-state index in [0.29, 0.717) is 13.0 Å². The van der Waals surface area contributed by atoms with E-state index in [9.17, 15) is 10.2 Å². The fourth-order valence-electron chi connectivity index (χ4n) is 1.94. The lowest BCUT2D eigenvalue weighted by Gasteiger charge is -2.29. The molecule has 4 heteroatoms. The van der Waals surface area contributed by atoms with Crippen LogP contribution in [0.25, 0.3) is 0 Å². The van der Waals surface area contributed by atoms with Gasteiger partial charge >= 0.3 is 0 Å². The first kappa shape index (κ1) is 15.5. The van der Waals surface area contributed by atoms with Gasteiger partial charge in [0.25, 0.3) is 0 Å². The Hall–Kier alpha value is -0.580. The van der Waals surface area contributed by atoms with Crippen molar-refractivity contribution < 1.29 is 14.9 Å². The summed E-state index contributed by atoms with van der Waals surface area (Å²) in [7, 11) is 0. The summed E-state index contributed by atoms with van der Waals surface area (Å²) in [6.45, 7) is 2.56. The SMILES string of the molecule is CCCC(CO)(CO)CCOc1ccc(Br)cc1. The fourth-order valence-corrected chi connectivity index (χ4v) is 2.20. The van der Waals surface area contributed by atoms with Gasteiger partial charge in [-0.3, -0.25) is 0 Å². The second-order valence-corrected chi connectivity index (χ2v) is 5.53. The van der Waals surface area contributed by atoms with Crippen LogP contribution in [0.3, 0.4) is 0 Å². The molecule has 0 aromatic heterocycles. The molecule has 0 saturated carbocycles. The predicted octanol–water partition coefficient (Wildman–Crippen LogP) is 2.99. The van der Waals surface area contributed by atoms with E-state index < -0.39 is 5.41 Å². The minimum absolute atomic E-state index is 0.00103. The van der Waals surface area contributed by atoms with Crippen molar-refractivity contribution in [2.24, 2.45) is 5.41 Å². The van der Waals surface area contributed by atoms with E-state index >= 15 is 0 Å². The highest BCUT2D eigenvalue weighted by molar-refractivity contribution is 9.10. The summed E-state index contributed by atoms with van der Waals surface area (Å²) < 4.78 is 6.64. The van der Waals surface area contributed by atoms with Crippen LogP contribution in [-0.4, -0.2) is 30.0 Å². The van der Waals surface area contributed by atoms with Crippen molar-refractivity contribution in [3.63, 3.8) is 0 Å². The first-order valence-corrected chi connectivity index (χ1v) is 7.05. The minimum atomic E-state index is -0.413. The topological polar surface area (TPSA) is 49.7 Å². The van der Waals surface area contributed by atoms with Gasteiger partial charge in [-0.05, 0) is 37.1 Å². The second-order valence-electron chi connectivity index (χ2n) is 4.62. The molecule has 0 aliphatic heterocycles. The van der Waals surface area contributed by atoms with Crippen molar-refractivity contribution in [1.82, 2.24) is 0 Å². The molecule has 2 N–H and O–H groups in total. The Morgan fingerprint density at radius 3 is 2.22 bits per heavy atom. The van der Waals surface area contributed by atoms with Crippen LogP contribution in [-0.2, 0) is 0 Å². The summed E-state index contributed by atoms with van der Waals surface area (Å²) in [6.07, 6.45) is 2.41. The Morgan fingerprint density at radius 2 is 1.72 bits per heavy atom. The third-order valence-corrected chi connectivity index (χ3v) is 3.69. The van der Waals surface area contributed by atoms with Gasteiger partial charge in [0.2, 0.25) is 0 Å². The van der Waals surface area contributed by atoms with Crippen LogP contribution in [0.4, 0.5) is 0 Å². The van der Waals surface area contributed by atoms with E-state index in [1.165, 1.54) is 0 Å². The Bertz CT molecular complexity index is 333. The number of rotatable bonds is 8. The molecular weight excluding hydrogens is 296 g/mol. The molecule has 1 aromatic rings. The van der Waals surface area contributed by atoms with Gasteiger partial charge in [0.1, 0.15) is 5.75 Å². The van der Waals surface area contributed by atoms with Crippen LogP contribution in [0.1, 0.15) is 26.2 Å². The Balaban J connectivity index is 2.45. The van der Waals surface area contributed by atoms with Crippen LogP contribution in [0.2, 0.25) is 0 Å². The van der Waals surface area contributed by atoms with E-state index in [1.807, 2.05) is 24.3 Å². The van der Waals surface area contributed by atoms with E-state index in [4.69, 9.17) is 4.74 Å². The zero-order valence-corrected chi connectivity index (χ0v) is 12.3. The highest BCUT2D eigenvalue weighted by Gasteiger charge is 2.27. The molecule has 0 amide bonds. The fraction of sp³-hybridized carbons (Fsp3) is 0.571. The van der Waals surface area contributed by atoms with E-state index in [1.54, 1.807) is 0 Å². The first-order chi connectivity index (χ1) is 8.65. The molecule has 0 radical (unpaired) electrons. The molecule has 3 nitrogen and oxygen atoms in total. The van der Waals surface area contributed by atoms with Crippen LogP contribution >= 0.6 is 15.9 Å². The van der Waals surface area contributed by atoms with Gasteiger partial charge in [0.05, 0.1) is 19.8 Å². The Morgan fingerprint density at radius 1 is 1.11 bits per heavy atom. The molecule has 102 valence electrons. The lowest BCUT2D eigenvalue weighted by atomic mass is 9.82. The average Bonchev–Trinajstić information content (AvgIpc) is 2.40. The quantitative estimate of drug-likeness (QED) is 0.775. The highest BCUT2D eigenvalue weighted by Crippen LogP contribution is 2.27. The summed E-state index contributed by atoms with van der Waals surface area (Å²) in [5.74, 6) is 0.805. The summed E-state index contributed by atoms with van der Waals surface area (Å²) in [6, 6.07) is 7.63. The molecule has 0 fully saturated rings. The standard InChI is InChI=1S/C14H21BrO3/c1-2-7-14(10-16,11-17)8-9-18-13-5-3-12(15)4-6-13/h3-6,16-17H,2,7-11H2,1H3. The van der Waals surface area contributed by atoms with Gasteiger partial charge in [0.15, 0.2) is 0 Å². The van der Waals surface area contributed by atoms with Gasteiger partial charge in [-0.1, -0.05) is 29.3 Å². The molecule has 0 unspecified atom stereocenters. The number of aliphatic hydroxyl groups excluding tert-OH is 2. The smallest absolute Gasteiger partial charge is 0.119 e. The number of hydrogen-bond acceptors (Lipinski definition) is 3. The molecule has 0 aliphatic carbocycles. The van der Waals surface area contributed by atoms with Crippen molar-refractivity contribution in [2.75, 3.05) is 19.8 Å². The largest absolute Gasteiger partial charge is 0.494 e. The van der Waals surface area contributed by atoms with Crippen molar-refractivity contribution in [3.8, 4) is 5.75 Å². The Labute approximate surface area is 117 Å². The van der Waals surface area contributed by atoms with E-state index in [-0.39, 0.29) is 13.2 Å². The first-order valence-electron chi connectivity index (χ1n) is 6.26. The number of halogens is 1. The minimum Gasteiger partial charge on any atom is -0.494 e. The van der Waals surface area contributed by atoms with E-state index in [2.05, 4.69) is 22.9 Å². The summed E-state index contributed by atoms with van der Waals surface area (Å²) in [4.78, 5) is 0. The van der Waals surface area contributed by atoms with Crippen molar-refractivity contribution in [2.45, 2.75) is 26.2 Å². The molecule has 1 rings (SSSR count). The number of benzene rings is 1. The van der Waals surface area contributed by atoms with Gasteiger partial charge in [-0.25, -0.2) is 0 Å². The summed E-state index contributed by atoms with van der Waals surface area (Å²) in [5, 5.41) is 18.8. The molecular formula is C14H21BrO3. The third kappa shape index (κ3) is 4.59. The maximum absolute atomic E-state index is 9.42. The molecule has 0 bridgehead atoms. The van der Waals surface area contributed by atoms with Gasteiger partial charge in [-0.2, -0.15) is 0 Å². The third-order valence-electron chi connectivity index (χ3n) is 3.17. The number of ether oxygens (including phenoxy) is 1. The highest BCUT2D eigenvalue weighted by atomic mass is 79.9. The van der Waals surface area contributed by atoms with Gasteiger partial charge in [0, 0.05) is 9.89 Å². The molecule has 0 heterocycles. The summed E-state index contributed by atoms with van der Waals surface area (Å²) in [5.41, 5.74) is -0.413. The molecule has 0 saturated heterocycles. The van der Waals surface area contributed by atoms with Crippen molar-refractivity contribution in [1.29, 1.82) is 0 Å². The lowest BCUT2D eigenvalue weighted by molar-refractivity contribution is 0.0280. The molecule has 18 heavy (non-hydrogen) atoms. The monoisotopic (exact) mass is 316 g/mol. The van der Waals surface area contributed by atoms with Crippen molar-refractivity contribution in [3.05, 3.63) is 28.7 Å². The Kier molecular flexibility index (Phi) is 6.68. The van der Waals surface area contributed by atoms with Crippen LogP contribution in [0.5, 0.6) is 5.75 Å². The van der Waals surface area contributed by atoms with Crippen molar-refractivity contribution >= 4 is 15.9 Å². The normalized spacial score (nSPS) is 11.6. The number of aliphatic hydroxyl groups is 2. The lowest BCUT2D eigenvalue weighted by Crippen LogP contribution is -2.31. The second kappa shape index (κ2) is 7.77. The number of hydrogen-bond donors (Lipinski definition) is 2. The molecule has 1 aromatic carbocycles.